The normalized spacial score (nSPS) is 15.5. The van der Waals surface area contributed by atoms with E-state index < -0.39 is 51.3 Å². The monoisotopic (exact) mass is 766 g/mol. The molecule has 5 rings (SSSR count). The molecule has 0 spiro atoms. The summed E-state index contributed by atoms with van der Waals surface area (Å²) in [6, 6.07) is 26.1. The molecule has 0 aromatic heterocycles. The number of methoxy groups -OCH3 is 4. The van der Waals surface area contributed by atoms with Crippen LogP contribution in [0.15, 0.2) is 97.1 Å². The lowest BCUT2D eigenvalue weighted by atomic mass is 9.61. The van der Waals surface area contributed by atoms with Crippen molar-refractivity contribution in [3.63, 3.8) is 0 Å². The third kappa shape index (κ3) is 7.44. The van der Waals surface area contributed by atoms with Gasteiger partial charge in [0.2, 0.25) is 11.8 Å². The van der Waals surface area contributed by atoms with E-state index in [0.717, 1.165) is 0 Å². The van der Waals surface area contributed by atoms with Crippen LogP contribution in [0.4, 0.5) is 0 Å². The van der Waals surface area contributed by atoms with Crippen molar-refractivity contribution < 1.29 is 38.7 Å². The molecule has 4 aromatic rings. The van der Waals surface area contributed by atoms with Gasteiger partial charge in [-0.1, -0.05) is 96.5 Å². The van der Waals surface area contributed by atoms with Crippen molar-refractivity contribution in [3.05, 3.63) is 119 Å². The van der Waals surface area contributed by atoms with Crippen LogP contribution in [0, 0.1) is 16.2 Å². The zero-order valence-corrected chi connectivity index (χ0v) is 34.4. The maximum atomic E-state index is 16.0. The minimum absolute atomic E-state index is 0.235. The van der Waals surface area contributed by atoms with Gasteiger partial charge in [0.05, 0.1) is 40.5 Å². The molecule has 0 heterocycles. The fourth-order valence-corrected chi connectivity index (χ4v) is 8.56. The molecule has 10 heteroatoms. The summed E-state index contributed by atoms with van der Waals surface area (Å²) in [5.41, 5.74) is 0.716. The molecule has 10 nitrogen and oxygen atoms in total. The first-order valence-corrected chi connectivity index (χ1v) is 19.0. The fraction of sp³-hybridized carbons (Fsp3) is 0.435. The van der Waals surface area contributed by atoms with Gasteiger partial charge in [0.15, 0.2) is 0 Å². The van der Waals surface area contributed by atoms with E-state index in [2.05, 4.69) is 0 Å². The highest BCUT2D eigenvalue weighted by atomic mass is 16.5. The minimum Gasteiger partial charge on any atom is -0.497 e. The lowest BCUT2D eigenvalue weighted by Crippen LogP contribution is -2.72. The third-order valence-electron chi connectivity index (χ3n) is 11.4. The second kappa shape index (κ2) is 15.8. The maximum Gasteiger partial charge on any atom is 0.239 e. The molecule has 0 saturated heterocycles. The van der Waals surface area contributed by atoms with Crippen molar-refractivity contribution in [3.8, 4) is 23.0 Å². The number of aliphatic hydroxyl groups is 2. The standard InChI is InChI=1S/C46H58N2O8/c1-42(2,3)38(45(51,30-12-20-34(53-7)21-13-30)31-14-22-35(54-8)23-15-31)48(41(50)44(40(47)49)28-11-29-44)39(43(4,5)6)46(52,32-16-24-36(55-9)25-17-32)33-18-26-37(56-10)27-19-33/h12-27,38-39,51-52H,11,28-29H2,1-10H3,(H2,47,49). The Bertz CT molecular complexity index is 1740. The van der Waals surface area contributed by atoms with Gasteiger partial charge in [-0.3, -0.25) is 9.59 Å². The maximum absolute atomic E-state index is 16.0. The Kier molecular flexibility index (Phi) is 11.9. The van der Waals surface area contributed by atoms with Crippen LogP contribution in [-0.4, -0.2) is 67.5 Å². The summed E-state index contributed by atoms with van der Waals surface area (Å²) in [6.07, 6.45) is 1.09. The van der Waals surface area contributed by atoms with E-state index >= 15 is 4.79 Å². The Hall–Kier alpha value is -5.06. The number of hydrogen-bond acceptors (Lipinski definition) is 8. The van der Waals surface area contributed by atoms with Crippen LogP contribution in [0.5, 0.6) is 23.0 Å². The zero-order chi connectivity index (χ0) is 41.3. The Labute approximate surface area is 331 Å². The van der Waals surface area contributed by atoms with Gasteiger partial charge in [-0.2, -0.15) is 0 Å². The average molecular weight is 767 g/mol. The number of nitrogens with two attached hydrogens (primary N) is 1. The second-order valence-electron chi connectivity index (χ2n) is 17.0. The summed E-state index contributed by atoms with van der Waals surface area (Å²) in [6.45, 7) is 11.7. The average Bonchev–Trinajstić information content (AvgIpc) is 3.15. The molecule has 4 aromatic carbocycles. The molecule has 2 amide bonds. The number of ether oxygens (including phenoxy) is 4. The van der Waals surface area contributed by atoms with Crippen LogP contribution in [0.3, 0.4) is 0 Å². The molecular weight excluding hydrogens is 709 g/mol. The van der Waals surface area contributed by atoms with Gasteiger partial charge < -0.3 is 39.8 Å². The van der Waals surface area contributed by atoms with Crippen LogP contribution in [0.1, 0.15) is 83.1 Å². The quantitative estimate of drug-likeness (QED) is 0.115. The molecule has 1 saturated carbocycles. The molecule has 4 N–H and O–H groups in total. The molecule has 300 valence electrons. The fourth-order valence-electron chi connectivity index (χ4n) is 8.56. The molecule has 2 atom stereocenters. The van der Waals surface area contributed by atoms with E-state index in [-0.39, 0.29) is 12.8 Å². The van der Waals surface area contributed by atoms with Crippen LogP contribution >= 0.6 is 0 Å². The van der Waals surface area contributed by atoms with E-state index in [1.165, 1.54) is 0 Å². The van der Waals surface area contributed by atoms with E-state index in [4.69, 9.17) is 24.7 Å². The molecule has 0 bridgehead atoms. The minimum atomic E-state index is -1.96. The number of hydrogen-bond donors (Lipinski definition) is 3. The van der Waals surface area contributed by atoms with Crippen LogP contribution in [0.25, 0.3) is 0 Å². The Morgan fingerprint density at radius 1 is 0.554 bits per heavy atom. The van der Waals surface area contributed by atoms with Crippen molar-refractivity contribution in [2.45, 2.75) is 84.1 Å². The number of primary amides is 1. The number of carbonyl (C=O) groups is 2. The summed E-state index contributed by atoms with van der Waals surface area (Å²) in [4.78, 5) is 31.3. The summed E-state index contributed by atoms with van der Waals surface area (Å²) in [5, 5.41) is 27.9. The van der Waals surface area contributed by atoms with Crippen LogP contribution in [0.2, 0.25) is 0 Å². The van der Waals surface area contributed by atoms with Crippen molar-refractivity contribution in [2.24, 2.45) is 22.0 Å². The topological polar surface area (TPSA) is 141 Å². The third-order valence-corrected chi connectivity index (χ3v) is 11.4. The Balaban J connectivity index is 1.97. The SMILES string of the molecule is COc1ccc(C(O)(c2ccc(OC)cc2)C(N(C(=O)C2(C(N)=O)CCC2)C(C(C)(C)C)C(O)(c2ccc(OC)cc2)c2ccc(OC)cc2)C(C)(C)C)cc1. The van der Waals surface area contributed by atoms with Gasteiger partial charge >= 0.3 is 0 Å². The molecule has 2 unspecified atom stereocenters. The molecular formula is C46H58N2O8. The molecule has 0 aliphatic heterocycles. The molecule has 56 heavy (non-hydrogen) atoms. The number of carbonyl (C=O) groups excluding carboxylic acids is 2. The molecule has 0 radical (unpaired) electrons. The molecule has 1 fully saturated rings. The van der Waals surface area contributed by atoms with E-state index in [0.29, 0.717) is 51.7 Å². The van der Waals surface area contributed by atoms with Gasteiger partial charge in [0.1, 0.15) is 39.6 Å². The number of nitrogens with zero attached hydrogens (tertiary/aromatic N) is 1. The first kappa shape index (κ1) is 42.1. The Morgan fingerprint density at radius 2 is 0.804 bits per heavy atom. The first-order valence-electron chi connectivity index (χ1n) is 19.0. The highest BCUT2D eigenvalue weighted by Crippen LogP contribution is 2.54. The van der Waals surface area contributed by atoms with Crippen molar-refractivity contribution in [1.29, 1.82) is 0 Å². The van der Waals surface area contributed by atoms with Gasteiger partial charge in [-0.05, 0) is 94.5 Å². The van der Waals surface area contributed by atoms with Crippen LogP contribution in [-0.2, 0) is 20.8 Å². The number of amides is 2. The lowest BCUT2D eigenvalue weighted by Gasteiger charge is -2.60. The van der Waals surface area contributed by atoms with Gasteiger partial charge in [0, 0.05) is 0 Å². The zero-order valence-electron chi connectivity index (χ0n) is 34.4. The predicted octanol–water partition coefficient (Wildman–Crippen LogP) is 7.21. The highest BCUT2D eigenvalue weighted by molar-refractivity contribution is 6.05. The highest BCUT2D eigenvalue weighted by Gasteiger charge is 2.63. The van der Waals surface area contributed by atoms with Gasteiger partial charge in [0.25, 0.3) is 0 Å². The summed E-state index contributed by atoms with van der Waals surface area (Å²) >= 11 is 0. The summed E-state index contributed by atoms with van der Waals surface area (Å²) in [7, 11) is 6.27. The lowest BCUT2D eigenvalue weighted by molar-refractivity contribution is -0.188. The largest absolute Gasteiger partial charge is 0.497 e. The van der Waals surface area contributed by atoms with Crippen LogP contribution < -0.4 is 24.7 Å². The molecule has 1 aliphatic rings. The predicted molar refractivity (Wildman–Crippen MR) is 217 cm³/mol. The Morgan fingerprint density at radius 3 is 0.964 bits per heavy atom. The smallest absolute Gasteiger partial charge is 0.239 e. The summed E-state index contributed by atoms with van der Waals surface area (Å²) in [5.74, 6) is 1.01. The van der Waals surface area contributed by atoms with E-state index in [1.54, 1.807) is 130 Å². The van der Waals surface area contributed by atoms with Crippen molar-refractivity contribution in [2.75, 3.05) is 28.4 Å². The van der Waals surface area contributed by atoms with E-state index in [1.807, 2.05) is 41.5 Å². The number of benzene rings is 4. The summed E-state index contributed by atoms with van der Waals surface area (Å²) < 4.78 is 22.1. The van der Waals surface area contributed by atoms with Gasteiger partial charge in [-0.15, -0.1) is 0 Å². The number of rotatable bonds is 14. The van der Waals surface area contributed by atoms with Crippen molar-refractivity contribution >= 4 is 11.8 Å². The van der Waals surface area contributed by atoms with E-state index in [9.17, 15) is 15.0 Å². The van der Waals surface area contributed by atoms with Crippen molar-refractivity contribution in [1.82, 2.24) is 4.90 Å². The van der Waals surface area contributed by atoms with Gasteiger partial charge in [-0.25, -0.2) is 0 Å². The molecule has 1 aliphatic carbocycles. The first-order chi connectivity index (χ1) is 26.3. The second-order valence-corrected chi connectivity index (χ2v) is 17.0.